The Morgan fingerprint density at radius 1 is 1.08 bits per heavy atom. The molecule has 126 valence electrons. The molecule has 3 rings (SSSR count). The lowest BCUT2D eigenvalue weighted by molar-refractivity contribution is 0.0943. The summed E-state index contributed by atoms with van der Waals surface area (Å²) in [6.07, 6.45) is -0.577. The van der Waals surface area contributed by atoms with Gasteiger partial charge >= 0.3 is 0 Å². The molecule has 1 amide bonds. The van der Waals surface area contributed by atoms with Crippen molar-refractivity contribution >= 4 is 21.6 Å². The zero-order chi connectivity index (χ0) is 17.3. The highest BCUT2D eigenvalue weighted by Crippen LogP contribution is 2.30. The number of hydrogen-bond acceptors (Lipinski definition) is 4. The van der Waals surface area contributed by atoms with Crippen molar-refractivity contribution in [3.05, 3.63) is 59.7 Å². The molecule has 1 heterocycles. The predicted molar refractivity (Wildman–Crippen MR) is 92.2 cm³/mol. The van der Waals surface area contributed by atoms with Gasteiger partial charge in [-0.1, -0.05) is 24.3 Å². The maximum absolute atomic E-state index is 12.3. The second-order valence-corrected chi connectivity index (χ2v) is 7.63. The number of sulfonamides is 1. The van der Waals surface area contributed by atoms with Crippen molar-refractivity contribution < 1.29 is 13.2 Å². The van der Waals surface area contributed by atoms with Gasteiger partial charge in [0.05, 0.1) is 5.69 Å². The molecule has 2 aromatic carbocycles. The van der Waals surface area contributed by atoms with Gasteiger partial charge in [-0.05, 0) is 43.7 Å². The SMILES string of the molecule is CC(C)NC(=O)c1ccc([C@@H]2Nc3ccccc3S(=O)(=O)N2)cc1. The van der Waals surface area contributed by atoms with Crippen LogP contribution in [0.25, 0.3) is 0 Å². The molecule has 1 aliphatic rings. The van der Waals surface area contributed by atoms with Crippen LogP contribution < -0.4 is 15.4 Å². The Balaban J connectivity index is 1.85. The first kappa shape index (κ1) is 16.5. The van der Waals surface area contributed by atoms with E-state index in [2.05, 4.69) is 15.4 Å². The Morgan fingerprint density at radius 2 is 1.75 bits per heavy atom. The maximum atomic E-state index is 12.3. The first-order valence-electron chi connectivity index (χ1n) is 7.65. The third-order valence-electron chi connectivity index (χ3n) is 3.68. The number of nitrogens with one attached hydrogen (secondary N) is 3. The molecule has 0 bridgehead atoms. The molecule has 2 aromatic rings. The minimum absolute atomic E-state index is 0.0560. The van der Waals surface area contributed by atoms with Crippen LogP contribution in [0.1, 0.15) is 35.9 Å². The summed E-state index contributed by atoms with van der Waals surface area (Å²) in [5.41, 5.74) is 1.82. The number of amides is 1. The van der Waals surface area contributed by atoms with Gasteiger partial charge in [0, 0.05) is 11.6 Å². The molecule has 1 aliphatic heterocycles. The fraction of sp³-hybridized carbons (Fsp3) is 0.235. The molecule has 0 saturated heterocycles. The van der Waals surface area contributed by atoms with Gasteiger partial charge in [-0.3, -0.25) is 4.79 Å². The van der Waals surface area contributed by atoms with Gasteiger partial charge < -0.3 is 10.6 Å². The molecule has 0 fully saturated rings. The number of fused-ring (bicyclic) bond motifs is 1. The molecule has 0 radical (unpaired) electrons. The van der Waals surface area contributed by atoms with Gasteiger partial charge in [-0.2, -0.15) is 4.72 Å². The van der Waals surface area contributed by atoms with Crippen LogP contribution >= 0.6 is 0 Å². The van der Waals surface area contributed by atoms with Crippen molar-refractivity contribution in [2.45, 2.75) is 31.0 Å². The average Bonchev–Trinajstić information content (AvgIpc) is 2.54. The highest BCUT2D eigenvalue weighted by molar-refractivity contribution is 7.89. The van der Waals surface area contributed by atoms with E-state index in [4.69, 9.17) is 0 Å². The number of para-hydroxylation sites is 1. The van der Waals surface area contributed by atoms with Crippen LogP contribution in [0.5, 0.6) is 0 Å². The highest BCUT2D eigenvalue weighted by Gasteiger charge is 2.29. The van der Waals surface area contributed by atoms with E-state index in [1.54, 1.807) is 48.5 Å². The standard InChI is InChI=1S/C17H19N3O3S/c1-11(2)18-17(21)13-9-7-12(8-10-13)16-19-14-5-3-4-6-15(14)24(22,23)20-16/h3-11,16,19-20H,1-2H3,(H,18,21)/t16-/m1/s1. The van der Waals surface area contributed by atoms with E-state index in [0.29, 0.717) is 11.3 Å². The quantitative estimate of drug-likeness (QED) is 0.796. The topological polar surface area (TPSA) is 87.3 Å². The van der Waals surface area contributed by atoms with Crippen molar-refractivity contribution in [1.82, 2.24) is 10.0 Å². The summed E-state index contributed by atoms with van der Waals surface area (Å²) in [5.74, 6) is -0.154. The molecule has 0 aliphatic carbocycles. The number of anilines is 1. The fourth-order valence-corrected chi connectivity index (χ4v) is 3.85. The Labute approximate surface area is 141 Å². The lowest BCUT2D eigenvalue weighted by Crippen LogP contribution is -2.38. The van der Waals surface area contributed by atoms with Crippen molar-refractivity contribution in [3.63, 3.8) is 0 Å². The van der Waals surface area contributed by atoms with Crippen LogP contribution in [0.15, 0.2) is 53.4 Å². The van der Waals surface area contributed by atoms with Gasteiger partial charge in [0.1, 0.15) is 11.1 Å². The van der Waals surface area contributed by atoms with Crippen LogP contribution in [0, 0.1) is 0 Å². The second kappa shape index (κ2) is 6.26. The normalized spacial score (nSPS) is 18.5. The second-order valence-electron chi connectivity index (χ2n) is 5.94. The molecule has 7 heteroatoms. The van der Waals surface area contributed by atoms with Gasteiger partial charge in [-0.25, -0.2) is 8.42 Å². The smallest absolute Gasteiger partial charge is 0.251 e. The molecule has 0 unspecified atom stereocenters. The first-order chi connectivity index (χ1) is 11.4. The van der Waals surface area contributed by atoms with E-state index in [1.165, 1.54) is 0 Å². The zero-order valence-corrected chi connectivity index (χ0v) is 14.2. The molecule has 24 heavy (non-hydrogen) atoms. The van der Waals surface area contributed by atoms with Gasteiger partial charge in [0.2, 0.25) is 10.0 Å². The van der Waals surface area contributed by atoms with E-state index >= 15 is 0 Å². The van der Waals surface area contributed by atoms with Gasteiger partial charge in [-0.15, -0.1) is 0 Å². The monoisotopic (exact) mass is 345 g/mol. The van der Waals surface area contributed by atoms with Crippen molar-refractivity contribution in [2.75, 3.05) is 5.32 Å². The number of carbonyl (C=O) groups is 1. The van der Waals surface area contributed by atoms with Crippen LogP contribution in [0.3, 0.4) is 0 Å². The number of hydrogen-bond donors (Lipinski definition) is 3. The van der Waals surface area contributed by atoms with Crippen molar-refractivity contribution in [1.29, 1.82) is 0 Å². The molecule has 3 N–H and O–H groups in total. The van der Waals surface area contributed by atoms with Crippen LogP contribution in [0.4, 0.5) is 5.69 Å². The van der Waals surface area contributed by atoms with E-state index in [1.807, 2.05) is 13.8 Å². The Hall–Kier alpha value is -2.38. The molecule has 6 nitrogen and oxygen atoms in total. The van der Waals surface area contributed by atoms with Crippen LogP contribution in [-0.2, 0) is 10.0 Å². The maximum Gasteiger partial charge on any atom is 0.251 e. The lowest BCUT2D eigenvalue weighted by atomic mass is 10.1. The largest absolute Gasteiger partial charge is 0.364 e. The van der Waals surface area contributed by atoms with E-state index in [-0.39, 0.29) is 16.8 Å². The highest BCUT2D eigenvalue weighted by atomic mass is 32.2. The summed E-state index contributed by atoms with van der Waals surface area (Å²) >= 11 is 0. The fourth-order valence-electron chi connectivity index (χ4n) is 2.55. The van der Waals surface area contributed by atoms with E-state index in [9.17, 15) is 13.2 Å². The van der Waals surface area contributed by atoms with E-state index in [0.717, 1.165) is 5.56 Å². The average molecular weight is 345 g/mol. The first-order valence-corrected chi connectivity index (χ1v) is 9.14. The summed E-state index contributed by atoms with van der Waals surface area (Å²) in [6, 6.07) is 13.6. The van der Waals surface area contributed by atoms with Crippen molar-refractivity contribution in [3.8, 4) is 0 Å². The van der Waals surface area contributed by atoms with E-state index < -0.39 is 16.2 Å². The molecule has 0 spiro atoms. The third kappa shape index (κ3) is 3.27. The Morgan fingerprint density at radius 3 is 2.42 bits per heavy atom. The molecule has 0 aromatic heterocycles. The number of rotatable bonds is 3. The zero-order valence-electron chi connectivity index (χ0n) is 13.4. The predicted octanol–water partition coefficient (Wildman–Crippen LogP) is 2.23. The summed E-state index contributed by atoms with van der Waals surface area (Å²) in [4.78, 5) is 12.2. The summed E-state index contributed by atoms with van der Waals surface area (Å²) in [6.45, 7) is 3.79. The number of benzene rings is 2. The van der Waals surface area contributed by atoms with Gasteiger partial charge in [0.25, 0.3) is 5.91 Å². The molecule has 1 atom stereocenters. The van der Waals surface area contributed by atoms with Crippen molar-refractivity contribution in [2.24, 2.45) is 0 Å². The minimum atomic E-state index is -3.57. The minimum Gasteiger partial charge on any atom is -0.364 e. The van der Waals surface area contributed by atoms with Gasteiger partial charge in [0.15, 0.2) is 0 Å². The molecule has 0 saturated carbocycles. The lowest BCUT2D eigenvalue weighted by Gasteiger charge is -2.28. The summed E-state index contributed by atoms with van der Waals surface area (Å²) < 4.78 is 27.3. The third-order valence-corrected chi connectivity index (χ3v) is 5.16. The summed E-state index contributed by atoms with van der Waals surface area (Å²) in [7, 11) is -3.57. The Bertz CT molecular complexity index is 861. The molecular weight excluding hydrogens is 326 g/mol. The number of carbonyl (C=O) groups excluding carboxylic acids is 1. The van der Waals surface area contributed by atoms with Crippen LogP contribution in [0.2, 0.25) is 0 Å². The molecular formula is C17H19N3O3S. The Kier molecular flexibility index (Phi) is 4.29. The summed E-state index contributed by atoms with van der Waals surface area (Å²) in [5, 5.41) is 5.98. The van der Waals surface area contributed by atoms with Crippen LogP contribution in [-0.4, -0.2) is 20.4 Å².